The monoisotopic (exact) mass is 673 g/mol. The van der Waals surface area contributed by atoms with Crippen molar-refractivity contribution >= 4 is 12.0 Å². The van der Waals surface area contributed by atoms with Crippen LogP contribution in [0.2, 0.25) is 0 Å². The van der Waals surface area contributed by atoms with E-state index < -0.39 is 23.3 Å². The van der Waals surface area contributed by atoms with Gasteiger partial charge in [-0.25, -0.2) is 4.79 Å². The molecule has 2 amide bonds. The number of carbonyl (C=O) groups is 2. The summed E-state index contributed by atoms with van der Waals surface area (Å²) in [5.41, 5.74) is -1.75. The molecule has 0 aromatic rings. The molecular weight excluding hydrogens is 604 g/mol. The van der Waals surface area contributed by atoms with Crippen molar-refractivity contribution in [2.24, 2.45) is 45.3 Å². The molecule has 0 radical (unpaired) electrons. The van der Waals surface area contributed by atoms with Crippen molar-refractivity contribution in [2.75, 3.05) is 6.54 Å². The van der Waals surface area contributed by atoms with Crippen molar-refractivity contribution in [1.82, 2.24) is 10.2 Å². The second kappa shape index (κ2) is 11.6. The zero-order valence-electron chi connectivity index (χ0n) is 32.1. The van der Waals surface area contributed by atoms with E-state index in [-0.39, 0.29) is 63.3 Å². The minimum atomic E-state index is -0.866. The highest BCUT2D eigenvalue weighted by Crippen LogP contribution is 2.76. The molecule has 12 atom stereocenters. The van der Waals surface area contributed by atoms with Gasteiger partial charge < -0.3 is 25.0 Å². The number of nitrogens with zero attached hydrogens (tertiary/aromatic N) is 1. The predicted octanol–water partition coefficient (Wildman–Crippen LogP) is 7.24. The molecule has 8 nitrogen and oxygen atoms in total. The van der Waals surface area contributed by atoms with Crippen molar-refractivity contribution < 1.29 is 29.3 Å². The van der Waals surface area contributed by atoms with Gasteiger partial charge in [0.2, 0.25) is 5.91 Å². The van der Waals surface area contributed by atoms with Crippen LogP contribution in [0.4, 0.5) is 4.79 Å². The van der Waals surface area contributed by atoms with Crippen molar-refractivity contribution in [1.29, 1.82) is 0 Å². The largest absolute Gasteiger partial charge is 0.444 e. The number of hydrogen-bond acceptors (Lipinski definition) is 6. The molecule has 48 heavy (non-hydrogen) atoms. The first-order valence-electron chi connectivity index (χ1n) is 19.4. The molecule has 0 aromatic heterocycles. The molecule has 8 heteroatoms. The first-order chi connectivity index (χ1) is 22.0. The number of fused-ring (bicyclic) bond motifs is 5. The van der Waals surface area contributed by atoms with Crippen LogP contribution in [0.15, 0.2) is 0 Å². The molecule has 6 rings (SSSR count). The number of carbonyl (C=O) groups excluding carboxylic acids is 2. The number of ether oxygens (including phenoxy) is 2. The SMILES string of the molecule is CC(C)(C)OC(=O)N1CCC[C@@H]1C(=O)N[C@H]1CC[C@]2(C)[C@H]3C[C@@H](O)[C@@H]4[C@@H]([C@]5(C)CC[C@H](C(C)(C)O)O5)CC[C@@]4(C)[C@]3(C)CC[C@H]2C1(C)C. The molecule has 2 aliphatic heterocycles. The summed E-state index contributed by atoms with van der Waals surface area (Å²) in [6.45, 7) is 24.4. The molecule has 2 saturated heterocycles. The van der Waals surface area contributed by atoms with Gasteiger partial charge in [-0.15, -0.1) is 0 Å². The molecule has 4 saturated carbocycles. The van der Waals surface area contributed by atoms with Crippen molar-refractivity contribution in [3.63, 3.8) is 0 Å². The Bertz CT molecular complexity index is 1270. The molecule has 274 valence electrons. The van der Waals surface area contributed by atoms with Crippen LogP contribution in [-0.2, 0) is 14.3 Å². The highest BCUT2D eigenvalue weighted by molar-refractivity contribution is 5.86. The van der Waals surface area contributed by atoms with Gasteiger partial charge in [-0.1, -0.05) is 34.6 Å². The van der Waals surface area contributed by atoms with Crippen LogP contribution in [0.1, 0.15) is 147 Å². The van der Waals surface area contributed by atoms with Gasteiger partial charge >= 0.3 is 6.09 Å². The van der Waals surface area contributed by atoms with Gasteiger partial charge in [0.05, 0.1) is 23.4 Å². The Kier molecular flexibility index (Phi) is 8.77. The fourth-order valence-corrected chi connectivity index (χ4v) is 13.2. The number of amides is 2. The Morgan fingerprint density at radius 3 is 2.15 bits per heavy atom. The Morgan fingerprint density at radius 2 is 1.52 bits per heavy atom. The van der Waals surface area contributed by atoms with E-state index in [0.29, 0.717) is 24.8 Å². The lowest BCUT2D eigenvalue weighted by Crippen LogP contribution is -2.68. The Balaban J connectivity index is 1.20. The number of aliphatic hydroxyl groups is 2. The maximum Gasteiger partial charge on any atom is 0.410 e. The van der Waals surface area contributed by atoms with E-state index in [9.17, 15) is 19.8 Å². The van der Waals surface area contributed by atoms with Gasteiger partial charge in [-0.3, -0.25) is 9.69 Å². The average molecular weight is 673 g/mol. The van der Waals surface area contributed by atoms with E-state index in [0.717, 1.165) is 64.2 Å². The summed E-state index contributed by atoms with van der Waals surface area (Å²) in [5.74, 6) is 1.24. The number of nitrogens with one attached hydrogen (secondary N) is 1. The summed E-state index contributed by atoms with van der Waals surface area (Å²) in [5, 5.41) is 26.5. The maximum atomic E-state index is 13.8. The lowest BCUT2D eigenvalue weighted by Gasteiger charge is -2.71. The number of likely N-dealkylation sites (tertiary alicyclic amines) is 1. The molecule has 0 aromatic carbocycles. The second-order valence-electron chi connectivity index (χ2n) is 20.3. The third kappa shape index (κ3) is 5.56. The molecule has 6 fully saturated rings. The Hall–Kier alpha value is -1.38. The summed E-state index contributed by atoms with van der Waals surface area (Å²) in [6.07, 6.45) is 9.51. The van der Waals surface area contributed by atoms with E-state index in [1.54, 1.807) is 4.90 Å². The van der Waals surface area contributed by atoms with Crippen LogP contribution in [0.25, 0.3) is 0 Å². The normalized spacial score (nSPS) is 47.2. The van der Waals surface area contributed by atoms with Gasteiger partial charge in [0.15, 0.2) is 0 Å². The standard InChI is InChI=1S/C40H68N2O6/c1-34(2,3)48-33(45)42-22-12-13-25(42)32(44)41-29-16-18-37(8)27(35(29,4)5)15-20-38(9)28(37)23-26(43)31-24(14-19-39(31,38)10)40(11)21-17-30(47-40)36(6,7)46/h24-31,43,46H,12-23H2,1-11H3,(H,41,44)/t24-,25+,26+,27-,28+,29-,30+,31-,37-,38+,39+,40-/m0/s1. The average Bonchev–Trinajstić information content (AvgIpc) is 3.69. The van der Waals surface area contributed by atoms with E-state index in [1.807, 2.05) is 34.6 Å². The third-order valence-corrected chi connectivity index (χ3v) is 15.8. The smallest absolute Gasteiger partial charge is 0.410 e. The lowest BCUT2D eigenvalue weighted by molar-refractivity contribution is -0.240. The highest BCUT2D eigenvalue weighted by Gasteiger charge is 2.72. The fourth-order valence-electron chi connectivity index (χ4n) is 13.2. The number of hydrogen-bond donors (Lipinski definition) is 3. The lowest BCUT2D eigenvalue weighted by atomic mass is 9.35. The molecule has 4 aliphatic carbocycles. The fraction of sp³-hybridized carbons (Fsp3) is 0.950. The Labute approximate surface area is 290 Å². The number of aliphatic hydroxyl groups excluding tert-OH is 1. The molecular formula is C40H68N2O6. The zero-order chi connectivity index (χ0) is 35.5. The summed E-state index contributed by atoms with van der Waals surface area (Å²) in [4.78, 5) is 28.4. The summed E-state index contributed by atoms with van der Waals surface area (Å²) in [7, 11) is 0. The first kappa shape index (κ1) is 36.4. The van der Waals surface area contributed by atoms with E-state index in [1.165, 1.54) is 0 Å². The molecule has 0 spiro atoms. The molecule has 2 heterocycles. The zero-order valence-corrected chi connectivity index (χ0v) is 32.1. The van der Waals surface area contributed by atoms with Crippen LogP contribution in [0.5, 0.6) is 0 Å². The van der Waals surface area contributed by atoms with Crippen molar-refractivity contribution in [3.05, 3.63) is 0 Å². The minimum absolute atomic E-state index is 0.00989. The third-order valence-electron chi connectivity index (χ3n) is 15.8. The molecule has 3 N–H and O–H groups in total. The van der Waals surface area contributed by atoms with Gasteiger partial charge in [0.1, 0.15) is 11.6 Å². The maximum absolute atomic E-state index is 13.8. The van der Waals surface area contributed by atoms with Crippen molar-refractivity contribution in [3.8, 4) is 0 Å². The van der Waals surface area contributed by atoms with Crippen LogP contribution in [-0.4, -0.2) is 74.8 Å². The van der Waals surface area contributed by atoms with E-state index in [4.69, 9.17) is 9.47 Å². The van der Waals surface area contributed by atoms with Crippen molar-refractivity contribution in [2.45, 2.75) is 188 Å². The van der Waals surface area contributed by atoms with Crippen LogP contribution in [0.3, 0.4) is 0 Å². The Morgan fingerprint density at radius 1 is 0.854 bits per heavy atom. The van der Waals surface area contributed by atoms with Crippen LogP contribution in [0, 0.1) is 45.3 Å². The molecule has 6 aliphatic rings. The topological polar surface area (TPSA) is 108 Å². The molecule has 0 bridgehead atoms. The van der Waals surface area contributed by atoms with Gasteiger partial charge in [-0.2, -0.15) is 0 Å². The molecule has 0 unspecified atom stereocenters. The first-order valence-corrected chi connectivity index (χ1v) is 19.4. The predicted molar refractivity (Wildman–Crippen MR) is 187 cm³/mol. The van der Waals surface area contributed by atoms with Gasteiger partial charge in [0, 0.05) is 12.6 Å². The highest BCUT2D eigenvalue weighted by atomic mass is 16.6. The van der Waals surface area contributed by atoms with E-state index >= 15 is 0 Å². The number of rotatable bonds is 4. The van der Waals surface area contributed by atoms with Crippen LogP contribution < -0.4 is 5.32 Å². The summed E-state index contributed by atoms with van der Waals surface area (Å²) in [6, 6.07) is -0.451. The second-order valence-corrected chi connectivity index (χ2v) is 20.3. The van der Waals surface area contributed by atoms with Gasteiger partial charge in [0.25, 0.3) is 0 Å². The quantitative estimate of drug-likeness (QED) is 0.291. The van der Waals surface area contributed by atoms with Crippen LogP contribution >= 0.6 is 0 Å². The van der Waals surface area contributed by atoms with Gasteiger partial charge in [-0.05, 0) is 158 Å². The minimum Gasteiger partial charge on any atom is -0.444 e. The van der Waals surface area contributed by atoms with E-state index in [2.05, 4.69) is 46.9 Å². The summed E-state index contributed by atoms with van der Waals surface area (Å²) >= 11 is 0. The summed E-state index contributed by atoms with van der Waals surface area (Å²) < 4.78 is 12.4.